The summed E-state index contributed by atoms with van der Waals surface area (Å²) in [6, 6.07) is 13.5. The lowest BCUT2D eigenvalue weighted by Crippen LogP contribution is -2.23. The molecular formula is C19H17N3O2. The molecule has 2 aromatic carbocycles. The molecule has 0 saturated carbocycles. The molecule has 24 heavy (non-hydrogen) atoms. The van der Waals surface area contributed by atoms with Crippen LogP contribution in [0.1, 0.15) is 22.8 Å². The number of hydrogen-bond donors (Lipinski definition) is 3. The summed E-state index contributed by atoms with van der Waals surface area (Å²) >= 11 is 0. The number of carbonyl (C=O) groups is 2. The molecule has 1 aromatic heterocycles. The van der Waals surface area contributed by atoms with E-state index in [9.17, 15) is 9.59 Å². The van der Waals surface area contributed by atoms with Gasteiger partial charge in [-0.2, -0.15) is 0 Å². The van der Waals surface area contributed by atoms with Crippen molar-refractivity contribution < 1.29 is 9.59 Å². The molecule has 0 atom stereocenters. The van der Waals surface area contributed by atoms with Gasteiger partial charge in [0.25, 0.3) is 5.91 Å². The minimum absolute atomic E-state index is 0.0307. The SMILES string of the molecule is CC(=O)Nc1cccc(-c2[nH]c3cccc4c3c2CCNC4=O)c1. The van der Waals surface area contributed by atoms with Gasteiger partial charge in [0.2, 0.25) is 5.91 Å². The molecule has 120 valence electrons. The van der Waals surface area contributed by atoms with E-state index in [2.05, 4.69) is 15.6 Å². The highest BCUT2D eigenvalue weighted by Crippen LogP contribution is 2.34. The van der Waals surface area contributed by atoms with E-state index < -0.39 is 0 Å². The lowest BCUT2D eigenvalue weighted by Gasteiger charge is -2.07. The van der Waals surface area contributed by atoms with Crippen molar-refractivity contribution in [2.24, 2.45) is 0 Å². The molecule has 0 saturated heterocycles. The Bertz CT molecular complexity index is 972. The van der Waals surface area contributed by atoms with Gasteiger partial charge < -0.3 is 15.6 Å². The molecule has 0 spiro atoms. The van der Waals surface area contributed by atoms with Gasteiger partial charge in [-0.15, -0.1) is 0 Å². The molecule has 0 fully saturated rings. The first-order chi connectivity index (χ1) is 11.6. The second kappa shape index (κ2) is 5.53. The fraction of sp³-hybridized carbons (Fsp3) is 0.158. The van der Waals surface area contributed by atoms with Crippen LogP contribution in [-0.2, 0) is 11.2 Å². The number of hydrogen-bond acceptors (Lipinski definition) is 2. The van der Waals surface area contributed by atoms with Crippen molar-refractivity contribution >= 4 is 28.4 Å². The van der Waals surface area contributed by atoms with Crippen molar-refractivity contribution in [3.05, 3.63) is 53.6 Å². The van der Waals surface area contributed by atoms with Crippen LogP contribution >= 0.6 is 0 Å². The molecule has 1 aliphatic heterocycles. The van der Waals surface area contributed by atoms with E-state index in [1.807, 2.05) is 42.5 Å². The third-order valence-corrected chi connectivity index (χ3v) is 4.30. The van der Waals surface area contributed by atoms with E-state index in [0.717, 1.165) is 39.8 Å². The van der Waals surface area contributed by atoms with Crippen molar-refractivity contribution in [3.63, 3.8) is 0 Å². The highest BCUT2D eigenvalue weighted by atomic mass is 16.2. The lowest BCUT2D eigenvalue weighted by molar-refractivity contribution is -0.114. The zero-order chi connectivity index (χ0) is 16.7. The number of aromatic amines is 1. The number of amides is 2. The molecule has 2 heterocycles. The Hall–Kier alpha value is -3.08. The number of anilines is 1. The van der Waals surface area contributed by atoms with E-state index in [0.29, 0.717) is 12.1 Å². The van der Waals surface area contributed by atoms with Crippen LogP contribution in [-0.4, -0.2) is 23.3 Å². The second-order valence-corrected chi connectivity index (χ2v) is 5.97. The first-order valence-corrected chi connectivity index (χ1v) is 7.93. The average molecular weight is 319 g/mol. The lowest BCUT2D eigenvalue weighted by atomic mass is 10.00. The first kappa shape index (κ1) is 14.5. The molecular weight excluding hydrogens is 302 g/mol. The van der Waals surface area contributed by atoms with Crippen LogP contribution in [0.5, 0.6) is 0 Å². The van der Waals surface area contributed by atoms with Gasteiger partial charge in [-0.25, -0.2) is 0 Å². The minimum atomic E-state index is -0.0981. The van der Waals surface area contributed by atoms with Crippen LogP contribution < -0.4 is 10.6 Å². The number of carbonyl (C=O) groups excluding carboxylic acids is 2. The van der Waals surface area contributed by atoms with Gasteiger partial charge in [0.1, 0.15) is 0 Å². The number of benzene rings is 2. The van der Waals surface area contributed by atoms with Gasteiger partial charge in [0.15, 0.2) is 0 Å². The molecule has 5 heteroatoms. The smallest absolute Gasteiger partial charge is 0.251 e. The maximum absolute atomic E-state index is 12.2. The molecule has 5 nitrogen and oxygen atoms in total. The fourth-order valence-corrected chi connectivity index (χ4v) is 3.35. The van der Waals surface area contributed by atoms with Gasteiger partial charge in [0.05, 0.1) is 0 Å². The van der Waals surface area contributed by atoms with E-state index in [1.54, 1.807) is 0 Å². The molecule has 4 rings (SSSR count). The molecule has 3 aromatic rings. The maximum atomic E-state index is 12.2. The van der Waals surface area contributed by atoms with Gasteiger partial charge in [0, 0.05) is 46.9 Å². The normalized spacial score (nSPS) is 13.5. The third-order valence-electron chi connectivity index (χ3n) is 4.30. The Morgan fingerprint density at radius 1 is 1.17 bits per heavy atom. The number of rotatable bonds is 2. The summed E-state index contributed by atoms with van der Waals surface area (Å²) in [7, 11) is 0. The summed E-state index contributed by atoms with van der Waals surface area (Å²) in [6.07, 6.45) is 0.766. The number of nitrogens with one attached hydrogen (secondary N) is 3. The zero-order valence-corrected chi connectivity index (χ0v) is 13.3. The third kappa shape index (κ3) is 2.34. The Kier molecular flexibility index (Phi) is 3.34. The Morgan fingerprint density at radius 2 is 2.00 bits per heavy atom. The quantitative estimate of drug-likeness (QED) is 0.679. The summed E-state index contributed by atoms with van der Waals surface area (Å²) < 4.78 is 0. The van der Waals surface area contributed by atoms with E-state index in [1.165, 1.54) is 6.92 Å². The van der Waals surface area contributed by atoms with Crippen molar-refractivity contribution in [1.29, 1.82) is 0 Å². The maximum Gasteiger partial charge on any atom is 0.251 e. The zero-order valence-electron chi connectivity index (χ0n) is 13.3. The topological polar surface area (TPSA) is 74.0 Å². The van der Waals surface area contributed by atoms with Crippen LogP contribution in [0.15, 0.2) is 42.5 Å². The van der Waals surface area contributed by atoms with Gasteiger partial charge in [-0.1, -0.05) is 18.2 Å². The molecule has 2 amide bonds. The molecule has 1 aliphatic rings. The van der Waals surface area contributed by atoms with Crippen molar-refractivity contribution in [2.45, 2.75) is 13.3 Å². The van der Waals surface area contributed by atoms with Crippen LogP contribution in [0.2, 0.25) is 0 Å². The summed E-state index contributed by atoms with van der Waals surface area (Å²) in [5.74, 6) is -0.129. The summed E-state index contributed by atoms with van der Waals surface area (Å²) in [6.45, 7) is 2.10. The Balaban J connectivity index is 1.92. The largest absolute Gasteiger partial charge is 0.354 e. The highest BCUT2D eigenvalue weighted by Gasteiger charge is 2.22. The molecule has 0 unspecified atom stereocenters. The van der Waals surface area contributed by atoms with Gasteiger partial charge >= 0.3 is 0 Å². The van der Waals surface area contributed by atoms with Crippen molar-refractivity contribution in [3.8, 4) is 11.3 Å². The fourth-order valence-electron chi connectivity index (χ4n) is 3.35. The molecule has 0 radical (unpaired) electrons. The van der Waals surface area contributed by atoms with Crippen LogP contribution in [0.25, 0.3) is 22.2 Å². The predicted molar refractivity (Wildman–Crippen MR) is 94.1 cm³/mol. The monoisotopic (exact) mass is 319 g/mol. The summed E-state index contributed by atoms with van der Waals surface area (Å²) in [5.41, 5.74) is 5.56. The average Bonchev–Trinajstić information content (AvgIpc) is 2.84. The number of aromatic nitrogens is 1. The van der Waals surface area contributed by atoms with Crippen molar-refractivity contribution in [2.75, 3.05) is 11.9 Å². The molecule has 0 aliphatic carbocycles. The minimum Gasteiger partial charge on any atom is -0.354 e. The van der Waals surface area contributed by atoms with Crippen LogP contribution in [0.4, 0.5) is 5.69 Å². The number of H-pyrrole nitrogens is 1. The first-order valence-electron chi connectivity index (χ1n) is 7.93. The van der Waals surface area contributed by atoms with Gasteiger partial charge in [-0.3, -0.25) is 9.59 Å². The summed E-state index contributed by atoms with van der Waals surface area (Å²) in [4.78, 5) is 27.0. The Labute approximate surface area is 139 Å². The van der Waals surface area contributed by atoms with Crippen LogP contribution in [0.3, 0.4) is 0 Å². The standard InChI is InChI=1S/C19H17N3O2/c1-11(23)21-13-5-2-4-12(10-13)18-14-8-9-20-19(24)15-6-3-7-16(22-18)17(14)15/h2-7,10,22H,8-9H2,1H3,(H,20,24)(H,21,23). The van der Waals surface area contributed by atoms with Crippen LogP contribution in [0, 0.1) is 0 Å². The van der Waals surface area contributed by atoms with E-state index >= 15 is 0 Å². The molecule has 0 bridgehead atoms. The summed E-state index contributed by atoms with van der Waals surface area (Å²) in [5, 5.41) is 6.75. The van der Waals surface area contributed by atoms with Crippen molar-refractivity contribution in [1.82, 2.24) is 10.3 Å². The second-order valence-electron chi connectivity index (χ2n) is 5.97. The highest BCUT2D eigenvalue weighted by molar-refractivity contribution is 6.10. The molecule has 3 N–H and O–H groups in total. The van der Waals surface area contributed by atoms with E-state index in [-0.39, 0.29) is 11.8 Å². The van der Waals surface area contributed by atoms with Gasteiger partial charge in [-0.05, 0) is 36.2 Å². The van der Waals surface area contributed by atoms with E-state index in [4.69, 9.17) is 0 Å². The Morgan fingerprint density at radius 3 is 2.83 bits per heavy atom. The predicted octanol–water partition coefficient (Wildman–Crippen LogP) is 3.08.